The summed E-state index contributed by atoms with van der Waals surface area (Å²) in [6.45, 7) is 1.57. The number of aliphatic carboxylic acids is 1. The third-order valence-corrected chi connectivity index (χ3v) is 7.48. The van der Waals surface area contributed by atoms with Crippen LogP contribution in [0.15, 0.2) is 48.5 Å². The monoisotopic (exact) mass is 462 g/mol. The number of benzene rings is 2. The molecule has 34 heavy (non-hydrogen) atoms. The first-order chi connectivity index (χ1) is 16.5. The average Bonchev–Trinajstić information content (AvgIpc) is 3.39. The van der Waals surface area contributed by atoms with Gasteiger partial charge in [-0.1, -0.05) is 48.5 Å². The molecule has 2 aliphatic carbocycles. The molecule has 2 aromatic carbocycles. The molecule has 1 aliphatic heterocycles. The lowest BCUT2D eigenvalue weighted by molar-refractivity contribution is -0.142. The Morgan fingerprint density at radius 2 is 1.62 bits per heavy atom. The predicted molar refractivity (Wildman–Crippen MR) is 126 cm³/mol. The summed E-state index contributed by atoms with van der Waals surface area (Å²) in [6, 6.07) is 16.4. The van der Waals surface area contributed by atoms with Crippen molar-refractivity contribution in [1.29, 1.82) is 0 Å². The molecule has 2 unspecified atom stereocenters. The Kier molecular flexibility index (Phi) is 6.26. The van der Waals surface area contributed by atoms with E-state index < -0.39 is 12.1 Å². The Labute approximate surface area is 199 Å². The molecule has 178 valence electrons. The van der Waals surface area contributed by atoms with Gasteiger partial charge in [-0.15, -0.1) is 0 Å². The summed E-state index contributed by atoms with van der Waals surface area (Å²) < 4.78 is 5.64. The molecule has 2 amide bonds. The van der Waals surface area contributed by atoms with E-state index in [2.05, 4.69) is 29.6 Å². The Morgan fingerprint density at radius 1 is 0.971 bits per heavy atom. The normalized spacial score (nSPS) is 21.5. The number of carboxylic acid groups (broad SMARTS) is 1. The van der Waals surface area contributed by atoms with Crippen molar-refractivity contribution in [3.05, 3.63) is 59.7 Å². The highest BCUT2D eigenvalue weighted by molar-refractivity contribution is 5.81. The second-order valence-corrected chi connectivity index (χ2v) is 9.72. The first-order valence-electron chi connectivity index (χ1n) is 12.1. The summed E-state index contributed by atoms with van der Waals surface area (Å²) in [5.41, 5.74) is 4.75. The third-order valence-electron chi connectivity index (χ3n) is 7.48. The number of hydrogen-bond acceptors (Lipinski definition) is 4. The number of amides is 2. The number of carbonyl (C=O) groups excluding carboxylic acids is 2. The topological polar surface area (TPSA) is 95.9 Å². The molecule has 1 saturated heterocycles. The van der Waals surface area contributed by atoms with Crippen molar-refractivity contribution < 1.29 is 24.2 Å². The molecule has 2 aromatic rings. The summed E-state index contributed by atoms with van der Waals surface area (Å²) in [4.78, 5) is 37.8. The van der Waals surface area contributed by atoms with Gasteiger partial charge in [0, 0.05) is 37.4 Å². The Bertz CT molecular complexity index is 1050. The zero-order valence-electron chi connectivity index (χ0n) is 19.1. The molecule has 0 radical (unpaired) electrons. The molecule has 1 heterocycles. The van der Waals surface area contributed by atoms with E-state index in [0.29, 0.717) is 25.9 Å². The maximum Gasteiger partial charge on any atom is 0.407 e. The molecule has 0 bridgehead atoms. The number of fused-ring (bicyclic) bond motifs is 3. The van der Waals surface area contributed by atoms with Crippen LogP contribution in [-0.2, 0) is 14.3 Å². The number of rotatable bonds is 7. The van der Waals surface area contributed by atoms with Gasteiger partial charge >= 0.3 is 12.1 Å². The standard InChI is InChI=1S/C27H30N2O5/c30-25(31)12-9-17-14-29(15-17)26(32)18-10-11-19(13-18)28-27(33)34-16-24-22-7-3-1-5-20(22)21-6-2-4-8-23(21)24/h1-8,17-19,24H,9-16H2,(H,28,33)(H,30,31). The lowest BCUT2D eigenvalue weighted by atomic mass is 9.92. The molecule has 2 atom stereocenters. The highest BCUT2D eigenvalue weighted by Gasteiger charge is 2.38. The third kappa shape index (κ3) is 4.52. The fourth-order valence-corrected chi connectivity index (χ4v) is 5.66. The summed E-state index contributed by atoms with van der Waals surface area (Å²) in [5.74, 6) is -0.432. The van der Waals surface area contributed by atoms with E-state index >= 15 is 0 Å². The Balaban J connectivity index is 1.09. The minimum atomic E-state index is -0.789. The van der Waals surface area contributed by atoms with Gasteiger partial charge in [-0.3, -0.25) is 9.59 Å². The second-order valence-electron chi connectivity index (χ2n) is 9.72. The van der Waals surface area contributed by atoms with E-state index in [1.54, 1.807) is 0 Å². The molecule has 7 heteroatoms. The summed E-state index contributed by atoms with van der Waals surface area (Å²) in [6.07, 6.45) is 2.48. The second kappa shape index (κ2) is 9.49. The smallest absolute Gasteiger partial charge is 0.407 e. The lowest BCUT2D eigenvalue weighted by Crippen LogP contribution is -2.52. The minimum Gasteiger partial charge on any atom is -0.481 e. The molecule has 2 N–H and O–H groups in total. The van der Waals surface area contributed by atoms with Crippen molar-refractivity contribution in [1.82, 2.24) is 10.2 Å². The van der Waals surface area contributed by atoms with Gasteiger partial charge in [0.2, 0.25) is 5.91 Å². The van der Waals surface area contributed by atoms with Crippen LogP contribution in [-0.4, -0.2) is 53.7 Å². The number of likely N-dealkylation sites (tertiary alicyclic amines) is 1. The molecule has 0 aromatic heterocycles. The number of hydrogen-bond donors (Lipinski definition) is 2. The molecule has 3 aliphatic rings. The molecule has 7 nitrogen and oxygen atoms in total. The van der Waals surface area contributed by atoms with Gasteiger partial charge in [0.05, 0.1) is 0 Å². The quantitative estimate of drug-likeness (QED) is 0.648. The van der Waals surface area contributed by atoms with Gasteiger partial charge in [-0.05, 0) is 53.9 Å². The fraction of sp³-hybridized carbons (Fsp3) is 0.444. The summed E-state index contributed by atoms with van der Waals surface area (Å²) >= 11 is 0. The number of carbonyl (C=O) groups is 3. The van der Waals surface area contributed by atoms with Crippen molar-refractivity contribution in [3.8, 4) is 11.1 Å². The van der Waals surface area contributed by atoms with Gasteiger partial charge < -0.3 is 20.1 Å². The molecule has 1 saturated carbocycles. The fourth-order valence-electron chi connectivity index (χ4n) is 5.66. The highest BCUT2D eigenvalue weighted by atomic mass is 16.5. The molecular weight excluding hydrogens is 432 g/mol. The van der Waals surface area contributed by atoms with Crippen LogP contribution in [0.4, 0.5) is 4.79 Å². The number of nitrogens with zero attached hydrogens (tertiary/aromatic N) is 1. The van der Waals surface area contributed by atoms with Gasteiger partial charge in [-0.2, -0.15) is 0 Å². The number of ether oxygens (including phenoxy) is 1. The van der Waals surface area contributed by atoms with Gasteiger partial charge in [0.1, 0.15) is 6.61 Å². The number of nitrogens with one attached hydrogen (secondary N) is 1. The number of alkyl carbamates (subject to hydrolysis) is 1. The van der Waals surface area contributed by atoms with Crippen LogP contribution in [0.3, 0.4) is 0 Å². The van der Waals surface area contributed by atoms with E-state index in [1.807, 2.05) is 29.2 Å². The van der Waals surface area contributed by atoms with E-state index in [1.165, 1.54) is 22.3 Å². The zero-order chi connectivity index (χ0) is 23.7. The van der Waals surface area contributed by atoms with Crippen LogP contribution >= 0.6 is 0 Å². The number of carboxylic acids is 1. The minimum absolute atomic E-state index is 0.0246. The molecular formula is C27H30N2O5. The van der Waals surface area contributed by atoms with Crippen molar-refractivity contribution in [3.63, 3.8) is 0 Å². The SMILES string of the molecule is O=C(O)CCC1CN(C(=O)C2CCC(NC(=O)OCC3c4ccccc4-c4ccccc43)C2)C1. The average molecular weight is 463 g/mol. The van der Waals surface area contributed by atoms with Crippen LogP contribution in [0, 0.1) is 11.8 Å². The van der Waals surface area contributed by atoms with Gasteiger partial charge in [0.25, 0.3) is 0 Å². The van der Waals surface area contributed by atoms with Crippen LogP contribution in [0.5, 0.6) is 0 Å². The Hall–Kier alpha value is -3.35. The van der Waals surface area contributed by atoms with Crippen LogP contribution < -0.4 is 5.32 Å². The van der Waals surface area contributed by atoms with E-state index in [0.717, 1.165) is 12.8 Å². The lowest BCUT2D eigenvalue weighted by Gasteiger charge is -2.40. The zero-order valence-corrected chi connectivity index (χ0v) is 19.1. The maximum atomic E-state index is 12.7. The summed E-state index contributed by atoms with van der Waals surface area (Å²) in [7, 11) is 0. The van der Waals surface area contributed by atoms with Gasteiger partial charge in [-0.25, -0.2) is 4.79 Å². The maximum absolute atomic E-state index is 12.7. The van der Waals surface area contributed by atoms with Crippen LogP contribution in [0.25, 0.3) is 11.1 Å². The van der Waals surface area contributed by atoms with Crippen LogP contribution in [0.1, 0.15) is 49.1 Å². The molecule has 5 rings (SSSR count). The van der Waals surface area contributed by atoms with Crippen molar-refractivity contribution in [2.75, 3.05) is 19.7 Å². The predicted octanol–water partition coefficient (Wildman–Crippen LogP) is 4.02. The van der Waals surface area contributed by atoms with E-state index in [9.17, 15) is 14.4 Å². The van der Waals surface area contributed by atoms with Crippen LogP contribution in [0.2, 0.25) is 0 Å². The molecule has 2 fully saturated rings. The molecule has 0 spiro atoms. The van der Waals surface area contributed by atoms with Gasteiger partial charge in [0.15, 0.2) is 0 Å². The van der Waals surface area contributed by atoms with E-state index in [4.69, 9.17) is 9.84 Å². The van der Waals surface area contributed by atoms with Crippen molar-refractivity contribution in [2.24, 2.45) is 11.8 Å². The highest BCUT2D eigenvalue weighted by Crippen LogP contribution is 2.44. The van der Waals surface area contributed by atoms with Crippen molar-refractivity contribution >= 4 is 18.0 Å². The summed E-state index contributed by atoms with van der Waals surface area (Å²) in [5, 5.41) is 11.7. The largest absolute Gasteiger partial charge is 0.481 e. The first-order valence-corrected chi connectivity index (χ1v) is 12.1. The Morgan fingerprint density at radius 3 is 2.26 bits per heavy atom. The first kappa shape index (κ1) is 22.4. The van der Waals surface area contributed by atoms with E-state index in [-0.39, 0.29) is 42.7 Å². The van der Waals surface area contributed by atoms with Crippen molar-refractivity contribution in [2.45, 2.75) is 44.1 Å².